The number of nitrogens with zero attached hydrogens (tertiary/aromatic N) is 1. The molecule has 88 valence electrons. The molecule has 0 saturated heterocycles. The third-order valence-corrected chi connectivity index (χ3v) is 3.00. The van der Waals surface area contributed by atoms with E-state index in [1.54, 1.807) is 6.92 Å². The zero-order valence-corrected chi connectivity index (χ0v) is 10.1. The number of aryl methyl sites for hydroxylation is 1. The van der Waals surface area contributed by atoms with Crippen molar-refractivity contribution in [1.29, 1.82) is 0 Å². The molecule has 0 aliphatic heterocycles. The molecule has 0 spiro atoms. The molecule has 0 atom stereocenters. The van der Waals surface area contributed by atoms with E-state index in [9.17, 15) is 8.42 Å². The third kappa shape index (κ3) is 3.19. The molecule has 0 aromatic heterocycles. The van der Waals surface area contributed by atoms with E-state index in [0.717, 1.165) is 5.56 Å². The molecule has 1 aromatic rings. The lowest BCUT2D eigenvalue weighted by molar-refractivity contribution is 0.483. The van der Waals surface area contributed by atoms with Crippen molar-refractivity contribution in [3.05, 3.63) is 23.8 Å². The molecule has 0 radical (unpaired) electrons. The van der Waals surface area contributed by atoms with Crippen LogP contribution in [0.4, 0.5) is 5.69 Å². The number of nitrogens with two attached hydrogens (primary N) is 1. The van der Waals surface area contributed by atoms with E-state index in [4.69, 9.17) is 21.9 Å². The molecule has 0 fully saturated rings. The summed E-state index contributed by atoms with van der Waals surface area (Å²) in [6.45, 7) is 1.74. The molecule has 1 rings (SSSR count). The van der Waals surface area contributed by atoms with Crippen molar-refractivity contribution >= 4 is 33.2 Å². The first-order chi connectivity index (χ1) is 7.34. The maximum atomic E-state index is 10.9. The number of benzene rings is 1. The Morgan fingerprint density at radius 2 is 2.19 bits per heavy atom. The molecular weight excluding hydrogens is 252 g/mol. The molecule has 7 heteroatoms. The first kappa shape index (κ1) is 13.0. The van der Waals surface area contributed by atoms with Crippen molar-refractivity contribution in [3.63, 3.8) is 0 Å². The van der Waals surface area contributed by atoms with Crippen LogP contribution in [0.3, 0.4) is 0 Å². The fraction of sp³-hybridized carbons (Fsp3) is 0.222. The highest BCUT2D eigenvalue weighted by molar-refractivity contribution is 7.85. The molecule has 0 aliphatic carbocycles. The van der Waals surface area contributed by atoms with E-state index < -0.39 is 10.1 Å². The quantitative estimate of drug-likeness (QED) is 0.373. The Morgan fingerprint density at radius 3 is 2.69 bits per heavy atom. The second kappa shape index (κ2) is 4.82. The zero-order valence-electron chi connectivity index (χ0n) is 8.51. The van der Waals surface area contributed by atoms with E-state index >= 15 is 0 Å². The summed E-state index contributed by atoms with van der Waals surface area (Å²) in [6, 6.07) is 4.06. The van der Waals surface area contributed by atoms with Gasteiger partial charge in [0.05, 0.1) is 16.5 Å². The van der Waals surface area contributed by atoms with E-state index in [2.05, 4.69) is 4.99 Å². The van der Waals surface area contributed by atoms with Gasteiger partial charge in [-0.1, -0.05) is 6.07 Å². The fourth-order valence-corrected chi connectivity index (χ4v) is 1.62. The van der Waals surface area contributed by atoms with Crippen molar-refractivity contribution in [1.82, 2.24) is 0 Å². The smallest absolute Gasteiger partial charge is 0.294 e. The lowest BCUT2D eigenvalue weighted by Gasteiger charge is -2.03. The fourth-order valence-electron chi connectivity index (χ4n) is 1.05. The summed E-state index contributed by atoms with van der Waals surface area (Å²) in [4.78, 5) is 3.72. The van der Waals surface area contributed by atoms with Crippen LogP contribution in [0.2, 0.25) is 0 Å². The Hall–Kier alpha value is -1.11. The van der Waals surface area contributed by atoms with Crippen molar-refractivity contribution < 1.29 is 13.0 Å². The van der Waals surface area contributed by atoms with E-state index in [1.807, 2.05) is 0 Å². The lowest BCUT2D eigenvalue weighted by Crippen LogP contribution is -2.12. The summed E-state index contributed by atoms with van der Waals surface area (Å²) >= 11 is 5.46. The number of aliphatic imine (C=N–C) groups is 1. The SMILES string of the molecule is Cc1ccc(S(=O)(=O)O)cc1N=C(N)CCl. The van der Waals surface area contributed by atoms with Crippen LogP contribution >= 0.6 is 11.6 Å². The van der Waals surface area contributed by atoms with Gasteiger partial charge in [0.15, 0.2) is 0 Å². The standard InChI is InChI=1S/C9H11ClN2O3S/c1-6-2-3-7(16(13,14)15)4-8(6)12-9(11)5-10/h2-4H,5H2,1H3,(H2,11,12)(H,13,14,15). The molecule has 0 saturated carbocycles. The molecule has 5 nitrogen and oxygen atoms in total. The molecular formula is C9H11ClN2O3S. The van der Waals surface area contributed by atoms with Crippen LogP contribution in [-0.2, 0) is 10.1 Å². The number of amidine groups is 1. The van der Waals surface area contributed by atoms with Gasteiger partial charge in [-0.05, 0) is 24.6 Å². The highest BCUT2D eigenvalue weighted by Gasteiger charge is 2.11. The van der Waals surface area contributed by atoms with Gasteiger partial charge in [0.25, 0.3) is 10.1 Å². The summed E-state index contributed by atoms with van der Waals surface area (Å²) in [5.41, 5.74) is 6.54. The Kier molecular flexibility index (Phi) is 3.90. The first-order valence-electron chi connectivity index (χ1n) is 4.31. The monoisotopic (exact) mass is 262 g/mol. The number of rotatable bonds is 3. The largest absolute Gasteiger partial charge is 0.386 e. The molecule has 0 aliphatic rings. The Morgan fingerprint density at radius 1 is 1.56 bits per heavy atom. The molecule has 0 amide bonds. The zero-order chi connectivity index (χ0) is 12.3. The average Bonchev–Trinajstić information content (AvgIpc) is 2.19. The topological polar surface area (TPSA) is 92.8 Å². The predicted molar refractivity (Wildman–Crippen MR) is 63.0 cm³/mol. The first-order valence-corrected chi connectivity index (χ1v) is 6.29. The predicted octanol–water partition coefficient (Wildman–Crippen LogP) is 1.47. The summed E-state index contributed by atoms with van der Waals surface area (Å²) < 4.78 is 30.7. The van der Waals surface area contributed by atoms with Crippen LogP contribution in [0.15, 0.2) is 28.1 Å². The van der Waals surface area contributed by atoms with Crippen molar-refractivity contribution in [2.45, 2.75) is 11.8 Å². The summed E-state index contributed by atoms with van der Waals surface area (Å²) in [7, 11) is -4.23. The van der Waals surface area contributed by atoms with Gasteiger partial charge in [0.1, 0.15) is 5.84 Å². The van der Waals surface area contributed by atoms with E-state index in [1.165, 1.54) is 18.2 Å². The van der Waals surface area contributed by atoms with Crippen LogP contribution in [-0.4, -0.2) is 24.7 Å². The number of hydrogen-bond acceptors (Lipinski definition) is 3. The van der Waals surface area contributed by atoms with Crippen molar-refractivity contribution in [3.8, 4) is 0 Å². The van der Waals surface area contributed by atoms with Crippen molar-refractivity contribution in [2.75, 3.05) is 5.88 Å². The number of alkyl halides is 1. The second-order valence-electron chi connectivity index (χ2n) is 3.16. The molecule has 0 unspecified atom stereocenters. The molecule has 0 heterocycles. The van der Waals surface area contributed by atoms with Gasteiger partial charge in [-0.3, -0.25) is 4.55 Å². The van der Waals surface area contributed by atoms with Gasteiger partial charge in [0.2, 0.25) is 0 Å². The van der Waals surface area contributed by atoms with Crippen LogP contribution in [0, 0.1) is 6.92 Å². The molecule has 1 aromatic carbocycles. The second-order valence-corrected chi connectivity index (χ2v) is 4.85. The van der Waals surface area contributed by atoms with E-state index in [0.29, 0.717) is 5.69 Å². The van der Waals surface area contributed by atoms with Crippen LogP contribution in [0.25, 0.3) is 0 Å². The third-order valence-electron chi connectivity index (χ3n) is 1.88. The lowest BCUT2D eigenvalue weighted by atomic mass is 10.2. The minimum absolute atomic E-state index is 0.0511. The van der Waals surface area contributed by atoms with Gasteiger partial charge in [-0.25, -0.2) is 4.99 Å². The highest BCUT2D eigenvalue weighted by atomic mass is 35.5. The van der Waals surface area contributed by atoms with Gasteiger partial charge < -0.3 is 5.73 Å². The molecule has 0 bridgehead atoms. The number of hydrogen-bond donors (Lipinski definition) is 2. The van der Waals surface area contributed by atoms with Gasteiger partial charge in [-0.2, -0.15) is 8.42 Å². The van der Waals surface area contributed by atoms with Gasteiger partial charge >= 0.3 is 0 Å². The van der Waals surface area contributed by atoms with Crippen LogP contribution in [0.5, 0.6) is 0 Å². The minimum atomic E-state index is -4.23. The van der Waals surface area contributed by atoms with Crippen molar-refractivity contribution in [2.24, 2.45) is 10.7 Å². The van der Waals surface area contributed by atoms with Gasteiger partial charge in [-0.15, -0.1) is 11.6 Å². The normalized spacial score (nSPS) is 12.8. The highest BCUT2D eigenvalue weighted by Crippen LogP contribution is 2.22. The molecule has 3 N–H and O–H groups in total. The van der Waals surface area contributed by atoms with Crippen LogP contribution in [0.1, 0.15) is 5.56 Å². The summed E-state index contributed by atoms with van der Waals surface area (Å²) in [5, 5.41) is 0. The maximum Gasteiger partial charge on any atom is 0.294 e. The maximum absolute atomic E-state index is 10.9. The Balaban J connectivity index is 3.30. The van der Waals surface area contributed by atoms with Gasteiger partial charge in [0, 0.05) is 0 Å². The molecule has 16 heavy (non-hydrogen) atoms. The summed E-state index contributed by atoms with van der Waals surface area (Å²) in [6.07, 6.45) is 0. The minimum Gasteiger partial charge on any atom is -0.386 e. The Labute approximate surface area is 98.7 Å². The average molecular weight is 263 g/mol. The van der Waals surface area contributed by atoms with Crippen LogP contribution < -0.4 is 5.73 Å². The Bertz CT molecular complexity index is 526. The van der Waals surface area contributed by atoms with E-state index in [-0.39, 0.29) is 16.6 Å². The summed E-state index contributed by atoms with van der Waals surface area (Å²) in [5.74, 6) is 0.229. The number of halogens is 1.